The Morgan fingerprint density at radius 1 is 0.842 bits per heavy atom. The Balaban J connectivity index is 1.39. The van der Waals surface area contributed by atoms with E-state index < -0.39 is 0 Å². The van der Waals surface area contributed by atoms with Gasteiger partial charge >= 0.3 is 0 Å². The minimum absolute atomic E-state index is 0.172. The third kappa shape index (κ3) is 6.39. The monoisotopic (exact) mass is 512 g/mol. The molecule has 38 heavy (non-hydrogen) atoms. The average molecular weight is 513 g/mol. The van der Waals surface area contributed by atoms with Gasteiger partial charge in [-0.05, 0) is 59.7 Å². The van der Waals surface area contributed by atoms with Crippen molar-refractivity contribution >= 4 is 5.91 Å². The van der Waals surface area contributed by atoms with Gasteiger partial charge in [-0.25, -0.2) is 0 Å². The molecule has 2 atom stereocenters. The minimum atomic E-state index is 0.172. The molecule has 3 aromatic rings. The van der Waals surface area contributed by atoms with E-state index in [-0.39, 0.29) is 5.92 Å². The van der Waals surface area contributed by atoms with Crippen LogP contribution >= 0.6 is 0 Å². The van der Waals surface area contributed by atoms with Crippen LogP contribution in [0.25, 0.3) is 0 Å². The summed E-state index contributed by atoms with van der Waals surface area (Å²) in [6, 6.07) is 27.3. The first-order valence-corrected chi connectivity index (χ1v) is 13.9. The fourth-order valence-electron chi connectivity index (χ4n) is 6.26. The highest BCUT2D eigenvalue weighted by atomic mass is 16.5. The molecule has 0 spiro atoms. The summed E-state index contributed by atoms with van der Waals surface area (Å²) in [5, 5.41) is 0. The van der Waals surface area contributed by atoms with Gasteiger partial charge in [0.25, 0.3) is 0 Å². The van der Waals surface area contributed by atoms with Gasteiger partial charge in [-0.1, -0.05) is 67.4 Å². The number of carbonyl (C=O) groups is 1. The topological polar surface area (TPSA) is 42.0 Å². The number of carbonyl (C=O) groups excluding carboxylic acids is 1. The minimum Gasteiger partial charge on any atom is -0.497 e. The number of methoxy groups -OCH3 is 2. The molecule has 1 amide bonds. The number of hydrogen-bond donors (Lipinski definition) is 0. The predicted octanol–water partition coefficient (Wildman–Crippen LogP) is 6.14. The first-order valence-electron chi connectivity index (χ1n) is 13.9. The van der Waals surface area contributed by atoms with E-state index in [9.17, 15) is 4.79 Å². The van der Waals surface area contributed by atoms with Crippen LogP contribution in [0.1, 0.15) is 48.3 Å². The molecule has 0 bridgehead atoms. The van der Waals surface area contributed by atoms with Gasteiger partial charge in [0, 0.05) is 44.6 Å². The fraction of sp³-hybridized carbons (Fsp3) is 0.424. The van der Waals surface area contributed by atoms with Crippen molar-refractivity contribution in [2.45, 2.75) is 44.7 Å². The van der Waals surface area contributed by atoms with Crippen LogP contribution in [0, 0.1) is 11.8 Å². The molecule has 2 aliphatic rings. The van der Waals surface area contributed by atoms with E-state index in [1.165, 1.54) is 29.5 Å². The Kier molecular flexibility index (Phi) is 8.65. The number of rotatable bonds is 10. The molecule has 2 unspecified atom stereocenters. The van der Waals surface area contributed by atoms with Gasteiger partial charge < -0.3 is 14.4 Å². The maximum Gasteiger partial charge on any atom is 0.225 e. The Morgan fingerprint density at radius 3 is 2.29 bits per heavy atom. The first-order chi connectivity index (χ1) is 18.6. The van der Waals surface area contributed by atoms with E-state index in [0.29, 0.717) is 24.3 Å². The Morgan fingerprint density at radius 2 is 1.58 bits per heavy atom. The van der Waals surface area contributed by atoms with Crippen molar-refractivity contribution in [1.82, 2.24) is 9.80 Å². The van der Waals surface area contributed by atoms with Gasteiger partial charge in [0.15, 0.2) is 0 Å². The molecule has 5 heteroatoms. The number of hydrogen-bond acceptors (Lipinski definition) is 4. The molecule has 0 radical (unpaired) electrons. The lowest BCUT2D eigenvalue weighted by Crippen LogP contribution is -2.40. The van der Waals surface area contributed by atoms with E-state index in [2.05, 4.69) is 64.4 Å². The van der Waals surface area contributed by atoms with Crippen LogP contribution in [0.15, 0.2) is 78.9 Å². The van der Waals surface area contributed by atoms with Gasteiger partial charge in [0.1, 0.15) is 11.5 Å². The summed E-state index contributed by atoms with van der Waals surface area (Å²) >= 11 is 0. The molecule has 1 saturated carbocycles. The zero-order valence-corrected chi connectivity index (χ0v) is 22.7. The lowest BCUT2D eigenvalue weighted by atomic mass is 9.88. The number of nitrogens with zero attached hydrogens (tertiary/aromatic N) is 2. The summed E-state index contributed by atoms with van der Waals surface area (Å²) in [6.07, 6.45) is 4.39. The van der Waals surface area contributed by atoms with E-state index >= 15 is 0 Å². The fourth-order valence-corrected chi connectivity index (χ4v) is 6.26. The third-order valence-corrected chi connectivity index (χ3v) is 8.29. The summed E-state index contributed by atoms with van der Waals surface area (Å²) < 4.78 is 10.9. The largest absolute Gasteiger partial charge is 0.497 e. The molecule has 5 rings (SSSR count). The Hall–Kier alpha value is -3.31. The van der Waals surface area contributed by atoms with Crippen molar-refractivity contribution in [3.63, 3.8) is 0 Å². The lowest BCUT2D eigenvalue weighted by molar-refractivity contribution is -0.136. The number of benzene rings is 3. The Labute approximate surface area is 227 Å². The van der Waals surface area contributed by atoms with Crippen molar-refractivity contribution in [2.75, 3.05) is 33.9 Å². The number of likely N-dealkylation sites (tertiary alicyclic amines) is 1. The first kappa shape index (κ1) is 26.3. The van der Waals surface area contributed by atoms with E-state index in [0.717, 1.165) is 50.5 Å². The van der Waals surface area contributed by atoms with Gasteiger partial charge in [0.05, 0.1) is 14.2 Å². The normalized spacial score (nSPS) is 19.9. The van der Waals surface area contributed by atoms with Gasteiger partial charge in [-0.2, -0.15) is 0 Å². The quantitative estimate of drug-likeness (QED) is 0.327. The molecular formula is C33H40N2O3. The van der Waals surface area contributed by atoms with Gasteiger partial charge in [0.2, 0.25) is 5.91 Å². The van der Waals surface area contributed by atoms with Crippen molar-refractivity contribution < 1.29 is 14.3 Å². The van der Waals surface area contributed by atoms with Crippen LogP contribution in [0.4, 0.5) is 0 Å². The number of ether oxygens (including phenoxy) is 2. The molecule has 0 aromatic heterocycles. The standard InChI is InChI=1S/C33H40N2O3/c1-37-30-17-15-26(16-18-30)20-34-22-29(32(24-34)28-13-8-14-31(19-28)38-2)23-35(21-25-9-4-3-5-10-25)33(36)27-11-6-7-12-27/h3-5,8-10,13-19,27,29,32H,6-7,11-12,20-24H2,1-2H3. The molecule has 5 nitrogen and oxygen atoms in total. The predicted molar refractivity (Wildman–Crippen MR) is 151 cm³/mol. The maximum absolute atomic E-state index is 13.8. The molecule has 2 fully saturated rings. The van der Waals surface area contributed by atoms with Crippen molar-refractivity contribution in [2.24, 2.45) is 11.8 Å². The Bertz CT molecular complexity index is 1170. The maximum atomic E-state index is 13.8. The van der Waals surface area contributed by atoms with Crippen molar-refractivity contribution in [3.8, 4) is 11.5 Å². The number of amides is 1. The summed E-state index contributed by atoms with van der Waals surface area (Å²) in [4.78, 5) is 18.5. The van der Waals surface area contributed by atoms with Crippen LogP contribution in [0.2, 0.25) is 0 Å². The van der Waals surface area contributed by atoms with E-state index in [1.54, 1.807) is 14.2 Å². The summed E-state index contributed by atoms with van der Waals surface area (Å²) in [5.41, 5.74) is 3.77. The van der Waals surface area contributed by atoms with Crippen LogP contribution in [-0.4, -0.2) is 49.6 Å². The third-order valence-electron chi connectivity index (χ3n) is 8.29. The summed E-state index contributed by atoms with van der Waals surface area (Å²) in [6.45, 7) is 4.25. The highest BCUT2D eigenvalue weighted by molar-refractivity contribution is 5.79. The van der Waals surface area contributed by atoms with Crippen molar-refractivity contribution in [3.05, 3.63) is 95.6 Å². The second kappa shape index (κ2) is 12.5. The molecule has 0 N–H and O–H groups in total. The SMILES string of the molecule is COc1ccc(CN2CC(CN(Cc3ccccc3)C(=O)C3CCCC3)C(c3cccc(OC)c3)C2)cc1. The van der Waals surface area contributed by atoms with Gasteiger partial charge in [-0.3, -0.25) is 9.69 Å². The van der Waals surface area contributed by atoms with E-state index in [1.807, 2.05) is 24.3 Å². The molecular weight excluding hydrogens is 472 g/mol. The van der Waals surface area contributed by atoms with Crippen LogP contribution in [-0.2, 0) is 17.9 Å². The molecule has 1 aliphatic carbocycles. The zero-order chi connectivity index (χ0) is 26.3. The highest BCUT2D eigenvalue weighted by Crippen LogP contribution is 2.37. The van der Waals surface area contributed by atoms with Crippen LogP contribution in [0.3, 0.4) is 0 Å². The van der Waals surface area contributed by atoms with Crippen LogP contribution < -0.4 is 9.47 Å². The van der Waals surface area contributed by atoms with Gasteiger partial charge in [-0.15, -0.1) is 0 Å². The molecule has 3 aromatic carbocycles. The molecule has 1 aliphatic heterocycles. The summed E-state index contributed by atoms with van der Waals surface area (Å²) in [7, 11) is 3.43. The molecule has 1 heterocycles. The van der Waals surface area contributed by atoms with E-state index in [4.69, 9.17) is 9.47 Å². The van der Waals surface area contributed by atoms with Crippen molar-refractivity contribution in [1.29, 1.82) is 0 Å². The molecule has 200 valence electrons. The second-order valence-corrected chi connectivity index (χ2v) is 10.9. The average Bonchev–Trinajstić information content (AvgIpc) is 3.64. The van der Waals surface area contributed by atoms with Crippen LogP contribution in [0.5, 0.6) is 11.5 Å². The smallest absolute Gasteiger partial charge is 0.225 e. The second-order valence-electron chi connectivity index (χ2n) is 10.9. The lowest BCUT2D eigenvalue weighted by Gasteiger charge is -2.31. The zero-order valence-electron chi connectivity index (χ0n) is 22.7. The highest BCUT2D eigenvalue weighted by Gasteiger charge is 2.37. The summed E-state index contributed by atoms with van der Waals surface area (Å²) in [5.74, 6) is 2.95. The molecule has 1 saturated heterocycles.